The Morgan fingerprint density at radius 3 is 2.71 bits per heavy atom. The van der Waals surface area contributed by atoms with Crippen molar-refractivity contribution in [2.45, 2.75) is 26.0 Å². The highest BCUT2D eigenvalue weighted by Crippen LogP contribution is 2.34. The van der Waals surface area contributed by atoms with Gasteiger partial charge in [0.15, 0.2) is 0 Å². The maximum absolute atomic E-state index is 6.14. The van der Waals surface area contributed by atoms with Gasteiger partial charge in [0, 0.05) is 47.8 Å². The summed E-state index contributed by atoms with van der Waals surface area (Å²) in [5.41, 5.74) is 9.73. The van der Waals surface area contributed by atoms with Crippen LogP contribution < -0.4 is 16.4 Å². The summed E-state index contributed by atoms with van der Waals surface area (Å²) in [6, 6.07) is 11.6. The summed E-state index contributed by atoms with van der Waals surface area (Å²) >= 11 is 5.95. The van der Waals surface area contributed by atoms with E-state index in [2.05, 4.69) is 34.1 Å². The number of nitrogens with zero attached hydrogens (tertiary/aromatic N) is 2. The Labute approximate surface area is 206 Å². The lowest BCUT2D eigenvalue weighted by Crippen LogP contribution is -2.17. The van der Waals surface area contributed by atoms with Gasteiger partial charge in [0.1, 0.15) is 23.5 Å². The van der Waals surface area contributed by atoms with E-state index in [4.69, 9.17) is 26.8 Å². The molecular formula is C26H32ClN5O2. The van der Waals surface area contributed by atoms with Crippen molar-refractivity contribution in [2.24, 2.45) is 10.7 Å². The van der Waals surface area contributed by atoms with Crippen LogP contribution in [0.25, 0.3) is 0 Å². The van der Waals surface area contributed by atoms with Gasteiger partial charge in [0.05, 0.1) is 6.61 Å². The molecule has 1 aromatic heterocycles. The van der Waals surface area contributed by atoms with Crippen LogP contribution in [0.4, 0.5) is 5.82 Å². The second-order valence-electron chi connectivity index (χ2n) is 7.75. The summed E-state index contributed by atoms with van der Waals surface area (Å²) in [6.07, 6.45) is 5.84. The van der Waals surface area contributed by atoms with Crippen molar-refractivity contribution in [3.05, 3.63) is 94.5 Å². The minimum absolute atomic E-state index is 0.379. The first kappa shape index (κ1) is 25.5. The zero-order chi connectivity index (χ0) is 24.3. The molecule has 7 nitrogen and oxygen atoms in total. The molecule has 0 saturated heterocycles. The van der Waals surface area contributed by atoms with Crippen molar-refractivity contribution in [2.75, 3.05) is 32.1 Å². The highest BCUT2D eigenvalue weighted by Gasteiger charge is 2.25. The average molecular weight is 482 g/mol. The molecule has 0 bridgehead atoms. The molecule has 0 aliphatic carbocycles. The van der Waals surface area contributed by atoms with E-state index >= 15 is 0 Å². The fourth-order valence-electron chi connectivity index (χ4n) is 3.47. The van der Waals surface area contributed by atoms with Gasteiger partial charge < -0.3 is 25.8 Å². The lowest BCUT2D eigenvalue weighted by atomic mass is 9.96. The number of rotatable bonds is 13. The molecule has 0 spiro atoms. The zero-order valence-electron chi connectivity index (χ0n) is 19.7. The van der Waals surface area contributed by atoms with Gasteiger partial charge in [-0.2, -0.15) is 0 Å². The predicted octanol–water partition coefficient (Wildman–Crippen LogP) is 4.75. The molecule has 180 valence electrons. The molecule has 2 heterocycles. The lowest BCUT2D eigenvalue weighted by Gasteiger charge is -2.19. The number of benzene rings is 1. The summed E-state index contributed by atoms with van der Waals surface area (Å²) in [5.74, 6) is 1.70. The number of hydrogen-bond acceptors (Lipinski definition) is 7. The second-order valence-corrected chi connectivity index (χ2v) is 8.19. The third kappa shape index (κ3) is 7.18. The van der Waals surface area contributed by atoms with E-state index in [0.29, 0.717) is 24.7 Å². The van der Waals surface area contributed by atoms with E-state index < -0.39 is 0 Å². The lowest BCUT2D eigenvalue weighted by molar-refractivity contribution is 0.135. The van der Waals surface area contributed by atoms with Gasteiger partial charge in [0.2, 0.25) is 0 Å². The number of halogens is 1. The molecule has 0 radical (unpaired) electrons. The standard InChI is InChI=1S/C26H32ClN5O2/c1-4-29-12-5-13-34-18(2)14-22-23(17-32-26(22)28)25(33-3)20-8-11-24(31-16-20)30-15-19-6-9-21(27)10-7-19/h6-11,14,16-17,25,29H,2,4-5,12-13,15H2,1,3H3,(H2,28,32)(H,30,31)/b22-14-. The molecule has 3 rings (SSSR count). The van der Waals surface area contributed by atoms with Crippen LogP contribution in [0.2, 0.25) is 5.02 Å². The average Bonchev–Trinajstić information content (AvgIpc) is 3.19. The van der Waals surface area contributed by atoms with E-state index in [0.717, 1.165) is 52.6 Å². The van der Waals surface area contributed by atoms with Gasteiger partial charge in [-0.3, -0.25) is 0 Å². The Morgan fingerprint density at radius 1 is 1.24 bits per heavy atom. The number of amidine groups is 1. The van der Waals surface area contributed by atoms with E-state index in [1.807, 2.05) is 42.5 Å². The third-order valence-corrected chi connectivity index (χ3v) is 5.52. The third-order valence-electron chi connectivity index (χ3n) is 5.26. The fourth-order valence-corrected chi connectivity index (χ4v) is 3.60. The zero-order valence-corrected chi connectivity index (χ0v) is 20.4. The number of nitrogens with one attached hydrogen (secondary N) is 2. The molecule has 34 heavy (non-hydrogen) atoms. The number of hydrogen-bond donors (Lipinski definition) is 3. The Kier molecular flexibility index (Phi) is 9.70. The predicted molar refractivity (Wildman–Crippen MR) is 139 cm³/mol. The van der Waals surface area contributed by atoms with Crippen molar-refractivity contribution in [3.63, 3.8) is 0 Å². The van der Waals surface area contributed by atoms with E-state index in [1.54, 1.807) is 19.5 Å². The van der Waals surface area contributed by atoms with E-state index in [1.165, 1.54) is 0 Å². The topological polar surface area (TPSA) is 93.8 Å². The van der Waals surface area contributed by atoms with Crippen LogP contribution in [-0.4, -0.2) is 37.6 Å². The molecule has 1 unspecified atom stereocenters. The van der Waals surface area contributed by atoms with Crippen LogP contribution in [0.5, 0.6) is 0 Å². The quantitative estimate of drug-likeness (QED) is 0.282. The van der Waals surface area contributed by atoms with E-state index in [9.17, 15) is 0 Å². The van der Waals surface area contributed by atoms with Gasteiger partial charge in [0.25, 0.3) is 0 Å². The minimum atomic E-state index is -0.379. The SMILES string of the molecule is C=C(/C=C1/C(C(OC)c2ccc(NCc3ccc(Cl)cc3)nc2)=CN=C1N)OCCCNCC. The molecule has 0 fully saturated rings. The molecule has 1 aliphatic heterocycles. The summed E-state index contributed by atoms with van der Waals surface area (Å²) < 4.78 is 11.5. The molecule has 8 heteroatoms. The van der Waals surface area contributed by atoms with Crippen LogP contribution in [0.1, 0.15) is 30.6 Å². The number of allylic oxidation sites excluding steroid dienone is 1. The monoisotopic (exact) mass is 481 g/mol. The van der Waals surface area contributed by atoms with Crippen molar-refractivity contribution >= 4 is 23.3 Å². The minimum Gasteiger partial charge on any atom is -0.494 e. The van der Waals surface area contributed by atoms with Gasteiger partial charge in [-0.15, -0.1) is 0 Å². The number of methoxy groups -OCH3 is 1. The van der Waals surface area contributed by atoms with Crippen molar-refractivity contribution in [3.8, 4) is 0 Å². The first-order chi connectivity index (χ1) is 16.5. The molecule has 1 atom stereocenters. The van der Waals surface area contributed by atoms with Crippen molar-refractivity contribution < 1.29 is 9.47 Å². The van der Waals surface area contributed by atoms with Gasteiger partial charge in [-0.1, -0.05) is 43.3 Å². The van der Waals surface area contributed by atoms with Gasteiger partial charge in [-0.05, 0) is 49.3 Å². The van der Waals surface area contributed by atoms with E-state index in [-0.39, 0.29) is 6.10 Å². The maximum atomic E-state index is 6.14. The fraction of sp³-hybridized carbons (Fsp3) is 0.308. The van der Waals surface area contributed by atoms with Gasteiger partial charge in [-0.25, -0.2) is 9.98 Å². The number of aliphatic imine (C=N–C) groups is 1. The highest BCUT2D eigenvalue weighted by atomic mass is 35.5. The summed E-state index contributed by atoms with van der Waals surface area (Å²) in [6.45, 7) is 9.15. The summed E-state index contributed by atoms with van der Waals surface area (Å²) in [7, 11) is 1.65. The van der Waals surface area contributed by atoms with Crippen LogP contribution >= 0.6 is 11.6 Å². The number of pyridine rings is 1. The molecule has 2 aromatic rings. The number of ether oxygens (including phenoxy) is 2. The van der Waals surface area contributed by atoms with Crippen molar-refractivity contribution in [1.29, 1.82) is 0 Å². The Hall–Kier alpha value is -3.13. The van der Waals surface area contributed by atoms with Crippen LogP contribution in [0.15, 0.2) is 83.3 Å². The van der Waals surface area contributed by atoms with Crippen LogP contribution in [0, 0.1) is 0 Å². The second kappa shape index (κ2) is 12.9. The number of anilines is 1. The molecule has 0 amide bonds. The number of aromatic nitrogens is 1. The Bertz CT molecular complexity index is 1050. The molecular weight excluding hydrogens is 450 g/mol. The molecule has 1 aromatic carbocycles. The largest absolute Gasteiger partial charge is 0.494 e. The normalized spacial score (nSPS) is 15.1. The Balaban J connectivity index is 1.63. The first-order valence-corrected chi connectivity index (χ1v) is 11.6. The van der Waals surface area contributed by atoms with Gasteiger partial charge >= 0.3 is 0 Å². The maximum Gasteiger partial charge on any atom is 0.131 e. The summed E-state index contributed by atoms with van der Waals surface area (Å²) in [5, 5.41) is 7.30. The number of nitrogens with two attached hydrogens (primary N) is 1. The smallest absolute Gasteiger partial charge is 0.131 e. The van der Waals surface area contributed by atoms with Crippen LogP contribution in [0.3, 0.4) is 0 Å². The van der Waals surface area contributed by atoms with Crippen LogP contribution in [-0.2, 0) is 16.0 Å². The Morgan fingerprint density at radius 2 is 2.03 bits per heavy atom. The molecule has 0 saturated carbocycles. The highest BCUT2D eigenvalue weighted by molar-refractivity contribution is 6.30. The first-order valence-electron chi connectivity index (χ1n) is 11.3. The molecule has 4 N–H and O–H groups in total. The van der Waals surface area contributed by atoms with Crippen molar-refractivity contribution in [1.82, 2.24) is 10.3 Å². The summed E-state index contributed by atoms with van der Waals surface area (Å²) in [4.78, 5) is 8.83. The molecule has 1 aliphatic rings.